The van der Waals surface area contributed by atoms with Gasteiger partial charge in [-0.05, 0) is 48.2 Å². The minimum Gasteiger partial charge on any atom is -0.489 e. The van der Waals surface area contributed by atoms with E-state index in [1.54, 1.807) is 24.3 Å². The summed E-state index contributed by atoms with van der Waals surface area (Å²) in [6.45, 7) is 4.52. The van der Waals surface area contributed by atoms with Crippen molar-refractivity contribution in [1.29, 1.82) is 0 Å². The number of rotatable bonds is 7. The Morgan fingerprint density at radius 2 is 1.79 bits per heavy atom. The molecule has 0 radical (unpaired) electrons. The monoisotopic (exact) mass is 346 g/mol. The standard InChI is InChI=1S/C19H22O4S/c1-13-5-3-6-14(2)17(13)12-23-16-8-4-7-15(11-16)19(22,24)10-9-18(20)21/h3-8,11,22,24H,9-10,12H2,1-2H3,(H,20,21). The van der Waals surface area contributed by atoms with Crippen molar-refractivity contribution >= 4 is 18.6 Å². The van der Waals surface area contributed by atoms with Crippen molar-refractivity contribution in [3.8, 4) is 5.75 Å². The molecular weight excluding hydrogens is 324 g/mol. The predicted octanol–water partition coefficient (Wildman–Crippen LogP) is 3.82. The zero-order valence-corrected chi connectivity index (χ0v) is 14.7. The van der Waals surface area contributed by atoms with E-state index < -0.39 is 10.9 Å². The van der Waals surface area contributed by atoms with Gasteiger partial charge in [0.25, 0.3) is 0 Å². The van der Waals surface area contributed by atoms with E-state index in [0.717, 1.165) is 5.56 Å². The van der Waals surface area contributed by atoms with E-state index in [0.29, 0.717) is 17.9 Å². The zero-order valence-electron chi connectivity index (χ0n) is 13.8. The fraction of sp³-hybridized carbons (Fsp3) is 0.316. The molecule has 1 atom stereocenters. The Bertz CT molecular complexity index is 705. The molecule has 2 N–H and O–H groups in total. The molecule has 0 aliphatic carbocycles. The summed E-state index contributed by atoms with van der Waals surface area (Å²) in [7, 11) is 0. The molecule has 0 saturated carbocycles. The number of benzene rings is 2. The average molecular weight is 346 g/mol. The van der Waals surface area contributed by atoms with E-state index in [9.17, 15) is 9.90 Å². The molecule has 128 valence electrons. The smallest absolute Gasteiger partial charge is 0.303 e. The van der Waals surface area contributed by atoms with Gasteiger partial charge in [-0.25, -0.2) is 0 Å². The highest BCUT2D eigenvalue weighted by molar-refractivity contribution is 7.81. The SMILES string of the molecule is Cc1cccc(C)c1COc1cccc(C(O)(S)CCC(=O)O)c1. The summed E-state index contributed by atoms with van der Waals surface area (Å²) in [4.78, 5) is 9.19. The van der Waals surface area contributed by atoms with Crippen LogP contribution in [0.25, 0.3) is 0 Å². The molecule has 0 heterocycles. The van der Waals surface area contributed by atoms with Crippen molar-refractivity contribution in [2.45, 2.75) is 38.2 Å². The van der Waals surface area contributed by atoms with E-state index in [2.05, 4.69) is 12.6 Å². The summed E-state index contributed by atoms with van der Waals surface area (Å²) in [5, 5.41) is 19.1. The van der Waals surface area contributed by atoms with E-state index in [4.69, 9.17) is 9.84 Å². The number of aliphatic carboxylic acids is 1. The maximum atomic E-state index is 10.7. The Balaban J connectivity index is 2.11. The van der Waals surface area contributed by atoms with Crippen molar-refractivity contribution < 1.29 is 19.7 Å². The molecule has 0 bridgehead atoms. The lowest BCUT2D eigenvalue weighted by Crippen LogP contribution is -2.19. The molecule has 2 aromatic rings. The van der Waals surface area contributed by atoms with Crippen molar-refractivity contribution in [2.75, 3.05) is 0 Å². The molecule has 0 saturated heterocycles. The third kappa shape index (κ3) is 4.76. The van der Waals surface area contributed by atoms with Gasteiger partial charge in [0.2, 0.25) is 0 Å². The zero-order chi connectivity index (χ0) is 17.7. The van der Waals surface area contributed by atoms with Crippen LogP contribution in [-0.4, -0.2) is 16.2 Å². The molecule has 5 heteroatoms. The summed E-state index contributed by atoms with van der Waals surface area (Å²) >= 11 is 4.21. The van der Waals surface area contributed by atoms with Gasteiger partial charge in [0.1, 0.15) is 17.3 Å². The second-order valence-corrected chi connectivity index (χ2v) is 6.64. The van der Waals surface area contributed by atoms with Gasteiger partial charge in [-0.3, -0.25) is 4.79 Å². The fourth-order valence-corrected chi connectivity index (χ4v) is 2.74. The molecule has 4 nitrogen and oxygen atoms in total. The first-order valence-corrected chi connectivity index (χ1v) is 8.19. The van der Waals surface area contributed by atoms with Crippen LogP contribution in [0.4, 0.5) is 0 Å². The quantitative estimate of drug-likeness (QED) is 0.527. The second kappa shape index (κ2) is 7.73. The lowest BCUT2D eigenvalue weighted by molar-refractivity contribution is -0.137. The van der Waals surface area contributed by atoms with Crippen LogP contribution in [0.5, 0.6) is 5.75 Å². The summed E-state index contributed by atoms with van der Waals surface area (Å²) in [5.41, 5.74) is 3.98. The summed E-state index contributed by atoms with van der Waals surface area (Å²) in [6, 6.07) is 13.1. The average Bonchev–Trinajstić information content (AvgIpc) is 2.53. The number of thiol groups is 1. The minimum absolute atomic E-state index is 0.0196. The van der Waals surface area contributed by atoms with Gasteiger partial charge in [0, 0.05) is 12.8 Å². The van der Waals surface area contributed by atoms with Crippen LogP contribution in [0.15, 0.2) is 42.5 Å². The first-order chi connectivity index (χ1) is 11.3. The van der Waals surface area contributed by atoms with E-state index in [1.807, 2.05) is 32.0 Å². The Labute approximate surface area is 147 Å². The molecule has 24 heavy (non-hydrogen) atoms. The molecule has 0 amide bonds. The summed E-state index contributed by atoms with van der Waals surface area (Å²) < 4.78 is 5.85. The number of carboxylic acids is 1. The van der Waals surface area contributed by atoms with Crippen LogP contribution >= 0.6 is 12.6 Å². The van der Waals surface area contributed by atoms with Crippen LogP contribution in [0.3, 0.4) is 0 Å². The first kappa shape index (κ1) is 18.4. The molecule has 0 spiro atoms. The molecule has 1 unspecified atom stereocenters. The van der Waals surface area contributed by atoms with Gasteiger partial charge in [-0.15, -0.1) is 12.6 Å². The molecule has 0 fully saturated rings. The van der Waals surface area contributed by atoms with Crippen molar-refractivity contribution in [3.05, 3.63) is 64.7 Å². The van der Waals surface area contributed by atoms with E-state index in [1.165, 1.54) is 11.1 Å². The molecule has 2 rings (SSSR count). The van der Waals surface area contributed by atoms with Crippen molar-refractivity contribution in [2.24, 2.45) is 0 Å². The topological polar surface area (TPSA) is 66.8 Å². The van der Waals surface area contributed by atoms with Crippen LogP contribution in [0.1, 0.15) is 35.1 Å². The Morgan fingerprint density at radius 1 is 1.17 bits per heavy atom. The molecule has 0 aliphatic heterocycles. The van der Waals surface area contributed by atoms with Gasteiger partial charge in [-0.2, -0.15) is 0 Å². The number of ether oxygens (including phenoxy) is 1. The van der Waals surface area contributed by atoms with E-state index >= 15 is 0 Å². The van der Waals surface area contributed by atoms with E-state index in [-0.39, 0.29) is 12.8 Å². The third-order valence-corrected chi connectivity index (χ3v) is 4.49. The Morgan fingerprint density at radius 3 is 2.42 bits per heavy atom. The van der Waals surface area contributed by atoms with Crippen LogP contribution in [0, 0.1) is 13.8 Å². The normalized spacial score (nSPS) is 13.3. The van der Waals surface area contributed by atoms with Crippen LogP contribution < -0.4 is 4.74 Å². The number of aryl methyl sites for hydroxylation is 2. The molecular formula is C19H22O4S. The van der Waals surface area contributed by atoms with Crippen molar-refractivity contribution in [3.63, 3.8) is 0 Å². The van der Waals surface area contributed by atoms with Gasteiger partial charge < -0.3 is 14.9 Å². The third-order valence-electron chi connectivity index (χ3n) is 4.01. The molecule has 0 aromatic heterocycles. The predicted molar refractivity (Wildman–Crippen MR) is 96.4 cm³/mol. The number of hydrogen-bond acceptors (Lipinski definition) is 4. The van der Waals surface area contributed by atoms with Crippen LogP contribution in [0.2, 0.25) is 0 Å². The van der Waals surface area contributed by atoms with Crippen LogP contribution in [-0.2, 0) is 16.3 Å². The Hall–Kier alpha value is -1.98. The highest BCUT2D eigenvalue weighted by Crippen LogP contribution is 2.32. The first-order valence-electron chi connectivity index (χ1n) is 7.74. The number of hydrogen-bond donors (Lipinski definition) is 3. The van der Waals surface area contributed by atoms with Gasteiger partial charge in [0.15, 0.2) is 0 Å². The summed E-state index contributed by atoms with van der Waals surface area (Å²) in [6.07, 6.45) is -0.140. The van der Waals surface area contributed by atoms with Gasteiger partial charge in [0.05, 0.1) is 0 Å². The number of carboxylic acid groups (broad SMARTS) is 1. The molecule has 2 aromatic carbocycles. The second-order valence-electron chi connectivity index (χ2n) is 5.90. The highest BCUT2D eigenvalue weighted by atomic mass is 32.1. The van der Waals surface area contributed by atoms with Gasteiger partial charge >= 0.3 is 5.97 Å². The van der Waals surface area contributed by atoms with Gasteiger partial charge in [-0.1, -0.05) is 30.3 Å². The number of aliphatic hydroxyl groups is 1. The number of carbonyl (C=O) groups is 1. The maximum Gasteiger partial charge on any atom is 0.303 e. The van der Waals surface area contributed by atoms with Crippen molar-refractivity contribution in [1.82, 2.24) is 0 Å². The largest absolute Gasteiger partial charge is 0.489 e. The highest BCUT2D eigenvalue weighted by Gasteiger charge is 2.25. The minimum atomic E-state index is -1.50. The lowest BCUT2D eigenvalue weighted by Gasteiger charge is -2.22. The fourth-order valence-electron chi connectivity index (χ4n) is 2.49. The lowest BCUT2D eigenvalue weighted by atomic mass is 10.0. The Kier molecular flexibility index (Phi) is 5.91. The maximum absolute atomic E-state index is 10.7. The molecule has 0 aliphatic rings. The summed E-state index contributed by atoms with van der Waals surface area (Å²) in [5.74, 6) is -0.358.